The zero-order chi connectivity index (χ0) is 8.55. The maximum absolute atomic E-state index is 5.52. The molecule has 12 heavy (non-hydrogen) atoms. The molecule has 0 unspecified atom stereocenters. The van der Waals surface area contributed by atoms with E-state index in [1.807, 2.05) is 12.1 Å². The number of fused-ring (bicyclic) bond motifs is 1. The molecule has 2 rings (SSSR count). The molecule has 0 aliphatic rings. The van der Waals surface area contributed by atoms with Crippen LogP contribution in [0.3, 0.4) is 0 Å². The third-order valence-electron chi connectivity index (χ3n) is 1.74. The van der Waals surface area contributed by atoms with Crippen molar-refractivity contribution >= 4 is 26.9 Å². The quantitative estimate of drug-likeness (QED) is 0.810. The predicted molar refractivity (Wildman–Crippen MR) is 49.6 cm³/mol. The minimum Gasteiger partial charge on any atom is -0.356 e. The van der Waals surface area contributed by atoms with E-state index in [1.54, 1.807) is 6.20 Å². The largest absolute Gasteiger partial charge is 0.356 e. The molecule has 0 spiro atoms. The van der Waals surface area contributed by atoms with Gasteiger partial charge in [-0.3, -0.25) is 0 Å². The predicted octanol–water partition coefficient (Wildman–Crippen LogP) is 2.05. The van der Waals surface area contributed by atoms with Gasteiger partial charge in [0.1, 0.15) is 0 Å². The molecule has 0 bridgehead atoms. The summed E-state index contributed by atoms with van der Waals surface area (Å²) >= 11 is 3.41. The molecular weight excluding hydrogens is 220 g/mol. The van der Waals surface area contributed by atoms with Gasteiger partial charge in [-0.2, -0.15) is 0 Å². The number of nitrogens with two attached hydrogens (primary N) is 1. The van der Waals surface area contributed by atoms with E-state index in [0.717, 1.165) is 21.0 Å². The zero-order valence-corrected chi connectivity index (χ0v) is 7.84. The van der Waals surface area contributed by atoms with Crippen LogP contribution in [0.1, 0.15) is 5.56 Å². The van der Waals surface area contributed by atoms with Crippen molar-refractivity contribution in [1.29, 1.82) is 0 Å². The van der Waals surface area contributed by atoms with E-state index >= 15 is 0 Å². The lowest BCUT2D eigenvalue weighted by Gasteiger charge is -1.98. The van der Waals surface area contributed by atoms with Gasteiger partial charge in [-0.05, 0) is 17.7 Å². The summed E-state index contributed by atoms with van der Waals surface area (Å²) < 4.78 is 5.99. The summed E-state index contributed by atoms with van der Waals surface area (Å²) in [7, 11) is 0. The third-order valence-corrected chi connectivity index (χ3v) is 2.48. The molecule has 0 saturated carbocycles. The van der Waals surface area contributed by atoms with Gasteiger partial charge in [0.05, 0.1) is 6.20 Å². The first-order valence-corrected chi connectivity index (χ1v) is 4.33. The average Bonchev–Trinajstić information content (AvgIpc) is 2.49. The second-order valence-electron chi connectivity index (χ2n) is 2.51. The van der Waals surface area contributed by atoms with Crippen LogP contribution < -0.4 is 5.73 Å². The van der Waals surface area contributed by atoms with Crippen molar-refractivity contribution in [3.8, 4) is 0 Å². The van der Waals surface area contributed by atoms with Crippen molar-refractivity contribution in [3.63, 3.8) is 0 Å². The Morgan fingerprint density at radius 2 is 2.33 bits per heavy atom. The van der Waals surface area contributed by atoms with Crippen molar-refractivity contribution in [2.75, 3.05) is 0 Å². The highest BCUT2D eigenvalue weighted by molar-refractivity contribution is 9.10. The summed E-state index contributed by atoms with van der Waals surface area (Å²) in [4.78, 5) is 0. The molecule has 1 aromatic heterocycles. The standard InChI is InChI=1S/C8H7BrN2O/c9-7-1-6-4-11-12-8(6)2-5(7)3-10/h1-2,4H,3,10H2. The van der Waals surface area contributed by atoms with Crippen molar-refractivity contribution in [2.24, 2.45) is 5.73 Å². The maximum atomic E-state index is 5.52. The monoisotopic (exact) mass is 226 g/mol. The number of hydrogen-bond acceptors (Lipinski definition) is 3. The number of hydrogen-bond donors (Lipinski definition) is 1. The molecule has 1 aromatic carbocycles. The van der Waals surface area contributed by atoms with Crippen LogP contribution in [0.25, 0.3) is 11.0 Å². The minimum absolute atomic E-state index is 0.497. The first kappa shape index (κ1) is 7.76. The SMILES string of the molecule is NCc1cc2oncc2cc1Br. The van der Waals surface area contributed by atoms with E-state index in [0.29, 0.717) is 6.54 Å². The third kappa shape index (κ3) is 1.13. The van der Waals surface area contributed by atoms with Crippen molar-refractivity contribution in [3.05, 3.63) is 28.4 Å². The summed E-state index contributed by atoms with van der Waals surface area (Å²) in [5, 5.41) is 4.67. The Balaban J connectivity index is 2.73. The van der Waals surface area contributed by atoms with Crippen LogP contribution in [-0.4, -0.2) is 5.16 Å². The maximum Gasteiger partial charge on any atom is 0.167 e. The fourth-order valence-corrected chi connectivity index (χ4v) is 1.61. The summed E-state index contributed by atoms with van der Waals surface area (Å²) in [6, 6.07) is 3.85. The van der Waals surface area contributed by atoms with Crippen LogP contribution in [-0.2, 0) is 6.54 Å². The number of rotatable bonds is 1. The average molecular weight is 227 g/mol. The van der Waals surface area contributed by atoms with Crippen LogP contribution in [0.15, 0.2) is 27.3 Å². The van der Waals surface area contributed by atoms with Gasteiger partial charge in [0.15, 0.2) is 5.58 Å². The lowest BCUT2D eigenvalue weighted by molar-refractivity contribution is 0.456. The fraction of sp³-hybridized carbons (Fsp3) is 0.125. The minimum atomic E-state index is 0.497. The van der Waals surface area contributed by atoms with Crippen LogP contribution in [0.2, 0.25) is 0 Å². The molecule has 0 saturated heterocycles. The molecule has 0 aliphatic heterocycles. The van der Waals surface area contributed by atoms with Gasteiger partial charge in [-0.25, -0.2) is 0 Å². The summed E-state index contributed by atoms with van der Waals surface area (Å²) in [6.45, 7) is 0.497. The molecular formula is C8H7BrN2O. The second kappa shape index (κ2) is 2.88. The fourth-order valence-electron chi connectivity index (χ4n) is 1.09. The Morgan fingerprint density at radius 3 is 3.08 bits per heavy atom. The van der Waals surface area contributed by atoms with Crippen LogP contribution in [0.4, 0.5) is 0 Å². The molecule has 1 heterocycles. The van der Waals surface area contributed by atoms with E-state index in [4.69, 9.17) is 10.3 Å². The van der Waals surface area contributed by atoms with Crippen LogP contribution in [0.5, 0.6) is 0 Å². The van der Waals surface area contributed by atoms with Crippen molar-refractivity contribution in [1.82, 2.24) is 5.16 Å². The van der Waals surface area contributed by atoms with E-state index in [2.05, 4.69) is 21.1 Å². The molecule has 0 fully saturated rings. The van der Waals surface area contributed by atoms with Gasteiger partial charge in [0, 0.05) is 16.4 Å². The number of nitrogens with zero attached hydrogens (tertiary/aromatic N) is 1. The number of halogens is 1. The highest BCUT2D eigenvalue weighted by Crippen LogP contribution is 2.23. The van der Waals surface area contributed by atoms with E-state index in [9.17, 15) is 0 Å². The summed E-state index contributed by atoms with van der Waals surface area (Å²) in [5.74, 6) is 0. The molecule has 0 amide bonds. The Kier molecular flexibility index (Phi) is 1.86. The first-order chi connectivity index (χ1) is 5.81. The lowest BCUT2D eigenvalue weighted by Crippen LogP contribution is -1.96. The van der Waals surface area contributed by atoms with Gasteiger partial charge >= 0.3 is 0 Å². The summed E-state index contributed by atoms with van der Waals surface area (Å²) in [5.41, 5.74) is 7.32. The summed E-state index contributed by atoms with van der Waals surface area (Å²) in [6.07, 6.45) is 1.68. The Bertz CT molecular complexity index is 410. The van der Waals surface area contributed by atoms with Gasteiger partial charge < -0.3 is 10.3 Å². The van der Waals surface area contributed by atoms with Crippen molar-refractivity contribution < 1.29 is 4.52 Å². The Morgan fingerprint density at radius 1 is 1.50 bits per heavy atom. The zero-order valence-electron chi connectivity index (χ0n) is 6.25. The van der Waals surface area contributed by atoms with E-state index in [-0.39, 0.29) is 0 Å². The number of aromatic nitrogens is 1. The normalized spacial score (nSPS) is 10.8. The highest BCUT2D eigenvalue weighted by Gasteiger charge is 2.03. The smallest absolute Gasteiger partial charge is 0.167 e. The molecule has 0 atom stereocenters. The Hall–Kier alpha value is -0.870. The topological polar surface area (TPSA) is 52.0 Å². The van der Waals surface area contributed by atoms with E-state index in [1.165, 1.54) is 0 Å². The van der Waals surface area contributed by atoms with Crippen molar-refractivity contribution in [2.45, 2.75) is 6.54 Å². The molecule has 62 valence electrons. The molecule has 0 aliphatic carbocycles. The van der Waals surface area contributed by atoms with Crippen LogP contribution >= 0.6 is 15.9 Å². The van der Waals surface area contributed by atoms with Gasteiger partial charge in [0.2, 0.25) is 0 Å². The second-order valence-corrected chi connectivity index (χ2v) is 3.37. The highest BCUT2D eigenvalue weighted by atomic mass is 79.9. The van der Waals surface area contributed by atoms with Gasteiger partial charge in [0.25, 0.3) is 0 Å². The molecule has 4 heteroatoms. The molecule has 0 radical (unpaired) electrons. The number of benzene rings is 1. The Labute approximate surface area is 77.7 Å². The molecule has 2 N–H and O–H groups in total. The van der Waals surface area contributed by atoms with Gasteiger partial charge in [-0.15, -0.1) is 0 Å². The molecule has 3 nitrogen and oxygen atoms in total. The van der Waals surface area contributed by atoms with E-state index < -0.39 is 0 Å². The van der Waals surface area contributed by atoms with Crippen LogP contribution in [0, 0.1) is 0 Å². The lowest BCUT2D eigenvalue weighted by atomic mass is 10.2. The molecule has 2 aromatic rings. The van der Waals surface area contributed by atoms with Gasteiger partial charge in [-0.1, -0.05) is 21.1 Å². The first-order valence-electron chi connectivity index (χ1n) is 3.54.